The molecule has 3 aromatic rings. The van der Waals surface area contributed by atoms with Crippen LogP contribution >= 0.6 is 0 Å². The molecule has 0 atom stereocenters. The number of halogens is 2. The first kappa shape index (κ1) is 23.0. The van der Waals surface area contributed by atoms with Crippen molar-refractivity contribution >= 4 is 30.9 Å². The molecular formula is C23H23Cl2Ti-. The molecule has 0 unspecified atom stereocenters. The largest absolute Gasteiger partial charge is 1.00 e. The van der Waals surface area contributed by atoms with Gasteiger partial charge in [0.15, 0.2) is 0 Å². The molecular weight excluding hydrogens is 395 g/mol. The van der Waals surface area contributed by atoms with E-state index < -0.39 is 0 Å². The monoisotopic (exact) mass is 417 g/mol. The van der Waals surface area contributed by atoms with Crippen LogP contribution in [-0.4, -0.2) is 3.81 Å². The summed E-state index contributed by atoms with van der Waals surface area (Å²) in [6.07, 6.45) is 7.71. The minimum absolute atomic E-state index is 0. The average Bonchev–Trinajstić information content (AvgIpc) is 3.13. The maximum Gasteiger partial charge on any atom is -0.0159 e. The van der Waals surface area contributed by atoms with Crippen molar-refractivity contribution in [1.82, 2.24) is 0 Å². The molecule has 0 fully saturated rings. The van der Waals surface area contributed by atoms with Crippen molar-refractivity contribution in [3.63, 3.8) is 0 Å². The molecule has 0 aromatic heterocycles. The van der Waals surface area contributed by atoms with E-state index in [4.69, 9.17) is 0 Å². The van der Waals surface area contributed by atoms with Crippen molar-refractivity contribution in [1.29, 1.82) is 0 Å². The fourth-order valence-corrected chi connectivity index (χ4v) is 3.37. The first-order valence-electron chi connectivity index (χ1n) is 8.44. The van der Waals surface area contributed by atoms with Gasteiger partial charge in [0.1, 0.15) is 0 Å². The number of rotatable bonds is 1. The van der Waals surface area contributed by atoms with E-state index in [0.717, 1.165) is 6.42 Å². The molecule has 134 valence electrons. The number of hydrogen-bond acceptors (Lipinski definition) is 0. The molecule has 0 heterocycles. The Labute approximate surface area is 180 Å². The molecule has 0 amide bonds. The Balaban J connectivity index is 0.000000516. The molecule has 0 spiro atoms. The van der Waals surface area contributed by atoms with Gasteiger partial charge < -0.3 is 24.8 Å². The smallest absolute Gasteiger partial charge is 0.0159 e. The van der Waals surface area contributed by atoms with E-state index in [0.29, 0.717) is 0 Å². The molecule has 1 aliphatic carbocycles. The second kappa shape index (κ2) is 9.76. The molecule has 0 bridgehead atoms. The molecule has 0 nitrogen and oxygen atoms in total. The van der Waals surface area contributed by atoms with Gasteiger partial charge in [-0.15, -0.1) is 33.7 Å². The van der Waals surface area contributed by atoms with Crippen molar-refractivity contribution in [2.24, 2.45) is 0 Å². The average molecular weight is 418 g/mol. The molecule has 3 heteroatoms. The first-order valence-corrected chi connectivity index (χ1v) is 9.22. The molecule has 0 saturated carbocycles. The van der Waals surface area contributed by atoms with Crippen LogP contribution in [0.4, 0.5) is 0 Å². The SMILES string of the molecule is C[C](C)=[Ti+2].Cc1ccc2c(c1)[cH-]c1c(C3=CC=CC3)c(C)ccc12.[Cl-].[Cl-]. The summed E-state index contributed by atoms with van der Waals surface area (Å²) in [7, 11) is 0. The number of benzene rings is 2. The second-order valence-electron chi connectivity index (χ2n) is 6.78. The van der Waals surface area contributed by atoms with Gasteiger partial charge in [0.25, 0.3) is 0 Å². The third-order valence-corrected chi connectivity index (χ3v) is 4.34. The zero-order chi connectivity index (χ0) is 17.3. The van der Waals surface area contributed by atoms with E-state index in [1.807, 2.05) is 0 Å². The summed E-state index contributed by atoms with van der Waals surface area (Å²) < 4.78 is 1.42. The van der Waals surface area contributed by atoms with Gasteiger partial charge in [-0.1, -0.05) is 64.8 Å². The Morgan fingerprint density at radius 2 is 1.65 bits per heavy atom. The first-order chi connectivity index (χ1) is 11.5. The number of aryl methyl sites for hydroxylation is 2. The van der Waals surface area contributed by atoms with Crippen LogP contribution in [0.15, 0.2) is 54.6 Å². The summed E-state index contributed by atoms with van der Waals surface area (Å²) in [5, 5.41) is 5.52. The van der Waals surface area contributed by atoms with Crippen molar-refractivity contribution < 1.29 is 44.8 Å². The van der Waals surface area contributed by atoms with E-state index >= 15 is 0 Å². The summed E-state index contributed by atoms with van der Waals surface area (Å²) in [6.45, 7) is 8.55. The Morgan fingerprint density at radius 3 is 2.27 bits per heavy atom. The maximum absolute atomic E-state index is 2.36. The van der Waals surface area contributed by atoms with Gasteiger partial charge in [-0.2, -0.15) is 0 Å². The normalized spacial score (nSPS) is 12.2. The third kappa shape index (κ3) is 4.81. The summed E-state index contributed by atoms with van der Waals surface area (Å²) >= 11 is 2.08. The van der Waals surface area contributed by atoms with Gasteiger partial charge in [-0.25, -0.2) is 0 Å². The summed E-state index contributed by atoms with van der Waals surface area (Å²) in [5.41, 5.74) is 5.58. The molecule has 0 aliphatic heterocycles. The topological polar surface area (TPSA) is 0 Å². The molecule has 1 aliphatic rings. The zero-order valence-corrected chi connectivity index (χ0v) is 18.7. The van der Waals surface area contributed by atoms with Crippen molar-refractivity contribution in [3.8, 4) is 0 Å². The number of hydrogen-bond donors (Lipinski definition) is 0. The summed E-state index contributed by atoms with van der Waals surface area (Å²) in [5.74, 6) is 0. The van der Waals surface area contributed by atoms with E-state index in [2.05, 4.69) is 102 Å². The van der Waals surface area contributed by atoms with Crippen LogP contribution in [0.25, 0.3) is 27.1 Å². The van der Waals surface area contributed by atoms with Gasteiger partial charge in [-0.3, -0.25) is 0 Å². The quantitative estimate of drug-likeness (QED) is 0.397. The molecule has 26 heavy (non-hydrogen) atoms. The standard InChI is InChI=1S/C20H17.C3H6.2ClH.Ti/c1-13-7-9-17-16(11-13)12-19-18(17)10-8-14(2)20(19)15-5-3-4-6-15;1-3-2;;;/h3-5,7-12H,6H2,1-2H3;1-2H3;2*1H;/q-1;;;;+2/p-2. The summed E-state index contributed by atoms with van der Waals surface area (Å²) in [6, 6.07) is 13.6. The van der Waals surface area contributed by atoms with Crippen LogP contribution < -0.4 is 24.8 Å². The van der Waals surface area contributed by atoms with Crippen LogP contribution in [0.2, 0.25) is 0 Å². The Hall–Kier alpha value is -1.05. The van der Waals surface area contributed by atoms with Gasteiger partial charge in [0.05, 0.1) is 0 Å². The Bertz CT molecular complexity index is 986. The van der Waals surface area contributed by atoms with Crippen LogP contribution in [0.1, 0.15) is 37.0 Å². The van der Waals surface area contributed by atoms with Crippen molar-refractivity contribution in [2.75, 3.05) is 0 Å². The van der Waals surface area contributed by atoms with Gasteiger partial charge >= 0.3 is 37.6 Å². The van der Waals surface area contributed by atoms with Gasteiger partial charge in [0.2, 0.25) is 0 Å². The molecule has 0 N–H and O–H groups in total. The van der Waals surface area contributed by atoms with Crippen LogP contribution in [0.5, 0.6) is 0 Å². The minimum Gasteiger partial charge on any atom is -1.00 e. The van der Waals surface area contributed by atoms with Crippen LogP contribution in [0, 0.1) is 13.8 Å². The van der Waals surface area contributed by atoms with Crippen LogP contribution in [0.3, 0.4) is 0 Å². The zero-order valence-electron chi connectivity index (χ0n) is 15.7. The second-order valence-corrected chi connectivity index (χ2v) is 8.34. The van der Waals surface area contributed by atoms with Gasteiger partial charge in [-0.05, 0) is 20.3 Å². The van der Waals surface area contributed by atoms with Gasteiger partial charge in [0, 0.05) is 0 Å². The van der Waals surface area contributed by atoms with E-state index in [-0.39, 0.29) is 24.8 Å². The molecule has 0 saturated heterocycles. The molecule has 0 radical (unpaired) electrons. The Kier molecular flexibility index (Phi) is 8.63. The molecule has 3 aromatic carbocycles. The summed E-state index contributed by atoms with van der Waals surface area (Å²) in [4.78, 5) is 0. The minimum atomic E-state index is 0. The number of fused-ring (bicyclic) bond motifs is 3. The Morgan fingerprint density at radius 1 is 1.00 bits per heavy atom. The number of allylic oxidation sites excluding steroid dienone is 4. The van der Waals surface area contributed by atoms with Crippen LogP contribution in [-0.2, 0) is 20.0 Å². The predicted molar refractivity (Wildman–Crippen MR) is 105 cm³/mol. The predicted octanol–water partition coefficient (Wildman–Crippen LogP) is 0.425. The van der Waals surface area contributed by atoms with Crippen molar-refractivity contribution in [3.05, 3.63) is 71.3 Å². The maximum atomic E-state index is 2.36. The third-order valence-electron chi connectivity index (χ3n) is 4.34. The van der Waals surface area contributed by atoms with E-state index in [1.54, 1.807) is 0 Å². The molecule has 4 rings (SSSR count). The fraction of sp³-hybridized carbons (Fsp3) is 0.217. The van der Waals surface area contributed by atoms with E-state index in [9.17, 15) is 0 Å². The van der Waals surface area contributed by atoms with E-state index in [1.165, 1.54) is 47.6 Å². The van der Waals surface area contributed by atoms with Crippen molar-refractivity contribution in [2.45, 2.75) is 34.1 Å². The fourth-order valence-electron chi connectivity index (χ4n) is 3.37.